The Morgan fingerprint density at radius 3 is 1.86 bits per heavy atom. The van der Waals surface area contributed by atoms with Crippen molar-refractivity contribution in [2.75, 3.05) is 20.8 Å². The molecule has 8 heteroatoms. The van der Waals surface area contributed by atoms with Gasteiger partial charge in [-0.1, -0.05) is 54.6 Å². The Morgan fingerprint density at radius 1 is 0.838 bits per heavy atom. The van der Waals surface area contributed by atoms with Crippen molar-refractivity contribution in [3.05, 3.63) is 128 Å². The molecule has 0 aliphatic heterocycles. The van der Waals surface area contributed by atoms with Gasteiger partial charge in [-0.25, -0.2) is 4.79 Å². The Hall–Kier alpha value is -4.14. The van der Waals surface area contributed by atoms with Crippen LogP contribution in [-0.4, -0.2) is 41.6 Å². The lowest BCUT2D eigenvalue weighted by Gasteiger charge is -2.36. The van der Waals surface area contributed by atoms with Crippen molar-refractivity contribution in [3.8, 4) is 11.5 Å². The lowest BCUT2D eigenvalue weighted by atomic mass is 9.80. The smallest absolute Gasteiger partial charge is 0.328 e. The third-order valence-electron chi connectivity index (χ3n) is 6.26. The standard InChI is InChI=1S/C29H30N2O6/c1-20-17-31(28(34)30-27(20)33)18-24(32)19-37-29(21-7-5-4-6-8-21,22-9-13-25(35-2)14-10-22)23-11-15-26(36-3)16-12-23/h4-17,24,32H,18-19H2,1-3H3,(H,30,33,34)/t24-/m0/s1. The number of hydrogen-bond acceptors (Lipinski definition) is 6. The first-order valence-electron chi connectivity index (χ1n) is 11.8. The van der Waals surface area contributed by atoms with Crippen LogP contribution in [0.25, 0.3) is 0 Å². The SMILES string of the molecule is COc1ccc(C(OC[C@@H](O)Cn2cc(C)c(=O)[nH]c2=O)(c2ccccc2)c2ccc(OC)cc2)cc1. The van der Waals surface area contributed by atoms with Gasteiger partial charge in [-0.15, -0.1) is 0 Å². The molecule has 8 nitrogen and oxygen atoms in total. The molecule has 0 spiro atoms. The Morgan fingerprint density at radius 2 is 1.35 bits per heavy atom. The molecule has 0 aliphatic rings. The molecule has 4 aromatic rings. The first kappa shape index (κ1) is 25.9. The summed E-state index contributed by atoms with van der Waals surface area (Å²) in [7, 11) is 3.21. The van der Waals surface area contributed by atoms with E-state index in [-0.39, 0.29) is 13.2 Å². The van der Waals surface area contributed by atoms with E-state index in [4.69, 9.17) is 14.2 Å². The molecule has 4 rings (SSSR count). The van der Waals surface area contributed by atoms with Crippen molar-refractivity contribution >= 4 is 0 Å². The molecular weight excluding hydrogens is 472 g/mol. The van der Waals surface area contributed by atoms with E-state index in [9.17, 15) is 14.7 Å². The Kier molecular flexibility index (Phi) is 7.91. The zero-order valence-electron chi connectivity index (χ0n) is 21.0. The second kappa shape index (κ2) is 11.3. The van der Waals surface area contributed by atoms with Crippen LogP contribution < -0.4 is 20.7 Å². The molecule has 37 heavy (non-hydrogen) atoms. The first-order chi connectivity index (χ1) is 17.9. The molecule has 1 aromatic heterocycles. The number of aliphatic hydroxyl groups excluding tert-OH is 1. The maximum absolute atomic E-state index is 12.2. The van der Waals surface area contributed by atoms with Gasteiger partial charge >= 0.3 is 5.69 Å². The Bertz CT molecular complexity index is 1380. The van der Waals surface area contributed by atoms with Crippen molar-refractivity contribution in [3.63, 3.8) is 0 Å². The summed E-state index contributed by atoms with van der Waals surface area (Å²) in [6, 6.07) is 24.9. The second-order valence-corrected chi connectivity index (χ2v) is 8.69. The van der Waals surface area contributed by atoms with E-state index in [1.54, 1.807) is 21.1 Å². The monoisotopic (exact) mass is 502 g/mol. The molecule has 3 aromatic carbocycles. The van der Waals surface area contributed by atoms with E-state index in [1.165, 1.54) is 10.8 Å². The van der Waals surface area contributed by atoms with E-state index in [1.807, 2.05) is 78.9 Å². The van der Waals surface area contributed by atoms with Crippen LogP contribution in [0.5, 0.6) is 11.5 Å². The lowest BCUT2D eigenvalue weighted by Crippen LogP contribution is -2.39. The van der Waals surface area contributed by atoms with Crippen LogP contribution in [0.2, 0.25) is 0 Å². The number of benzene rings is 3. The summed E-state index contributed by atoms with van der Waals surface area (Å²) in [4.78, 5) is 26.2. The summed E-state index contributed by atoms with van der Waals surface area (Å²) in [5.74, 6) is 1.40. The van der Waals surface area contributed by atoms with Gasteiger partial charge in [-0.05, 0) is 47.9 Å². The van der Waals surface area contributed by atoms with Gasteiger partial charge in [0.05, 0.1) is 33.5 Å². The fourth-order valence-electron chi connectivity index (χ4n) is 4.33. The molecule has 192 valence electrons. The summed E-state index contributed by atoms with van der Waals surface area (Å²) in [6.07, 6.45) is 0.393. The molecular formula is C29H30N2O6. The van der Waals surface area contributed by atoms with Crippen LogP contribution in [0, 0.1) is 6.92 Å². The average Bonchev–Trinajstić information content (AvgIpc) is 2.93. The molecule has 0 saturated carbocycles. The molecule has 1 atom stereocenters. The third-order valence-corrected chi connectivity index (χ3v) is 6.26. The number of ether oxygens (including phenoxy) is 3. The fraction of sp³-hybridized carbons (Fsp3) is 0.241. The number of aryl methyl sites for hydroxylation is 1. The van der Waals surface area contributed by atoms with Gasteiger partial charge in [0, 0.05) is 11.8 Å². The van der Waals surface area contributed by atoms with E-state index in [0.29, 0.717) is 17.1 Å². The molecule has 0 aliphatic carbocycles. The van der Waals surface area contributed by atoms with Gasteiger partial charge < -0.3 is 19.3 Å². The van der Waals surface area contributed by atoms with Gasteiger partial charge in [0.25, 0.3) is 5.56 Å². The normalized spacial score (nSPS) is 12.2. The number of rotatable bonds is 10. The lowest BCUT2D eigenvalue weighted by molar-refractivity contribution is -0.0426. The minimum Gasteiger partial charge on any atom is -0.497 e. The zero-order chi connectivity index (χ0) is 26.4. The number of hydrogen-bond donors (Lipinski definition) is 2. The Labute approximate surface area is 214 Å². The number of aliphatic hydroxyl groups is 1. The van der Waals surface area contributed by atoms with Crippen LogP contribution in [0.4, 0.5) is 0 Å². The van der Waals surface area contributed by atoms with Crippen LogP contribution >= 0.6 is 0 Å². The number of nitrogens with one attached hydrogen (secondary N) is 1. The van der Waals surface area contributed by atoms with Gasteiger partial charge in [0.15, 0.2) is 0 Å². The summed E-state index contributed by atoms with van der Waals surface area (Å²) in [6.45, 7) is 1.45. The summed E-state index contributed by atoms with van der Waals surface area (Å²) >= 11 is 0. The highest BCUT2D eigenvalue weighted by atomic mass is 16.5. The van der Waals surface area contributed by atoms with Crippen molar-refractivity contribution < 1.29 is 19.3 Å². The fourth-order valence-corrected chi connectivity index (χ4v) is 4.33. The minimum atomic E-state index is -1.09. The van der Waals surface area contributed by atoms with Crippen LogP contribution in [0.1, 0.15) is 22.3 Å². The largest absolute Gasteiger partial charge is 0.497 e. The predicted octanol–water partition coefficient (Wildman–Crippen LogP) is 3.23. The molecule has 2 N–H and O–H groups in total. The minimum absolute atomic E-state index is 0.0491. The molecule has 0 fully saturated rings. The molecule has 0 amide bonds. The van der Waals surface area contributed by atoms with Gasteiger partial charge in [0.1, 0.15) is 17.1 Å². The van der Waals surface area contributed by atoms with Crippen molar-refractivity contribution in [1.82, 2.24) is 9.55 Å². The highest BCUT2D eigenvalue weighted by molar-refractivity contribution is 5.49. The van der Waals surface area contributed by atoms with Gasteiger partial charge in [-0.2, -0.15) is 0 Å². The quantitative estimate of drug-likeness (QED) is 0.323. The number of nitrogens with zero attached hydrogens (tertiary/aromatic N) is 1. The summed E-state index contributed by atoms with van der Waals surface area (Å²) in [5.41, 5.74) is 0.760. The zero-order valence-corrected chi connectivity index (χ0v) is 21.0. The molecule has 0 unspecified atom stereocenters. The van der Waals surface area contributed by atoms with Crippen molar-refractivity contribution in [2.24, 2.45) is 0 Å². The van der Waals surface area contributed by atoms with Gasteiger partial charge in [-0.3, -0.25) is 14.3 Å². The maximum atomic E-state index is 12.2. The predicted molar refractivity (Wildman–Crippen MR) is 140 cm³/mol. The van der Waals surface area contributed by atoms with Crippen LogP contribution in [0.3, 0.4) is 0 Å². The molecule has 0 radical (unpaired) electrons. The molecule has 0 bridgehead atoms. The van der Waals surface area contributed by atoms with Crippen LogP contribution in [0.15, 0.2) is 94.6 Å². The number of aromatic amines is 1. The number of aromatic nitrogens is 2. The summed E-state index contributed by atoms with van der Waals surface area (Å²) in [5, 5.41) is 10.9. The number of methoxy groups -OCH3 is 2. The molecule has 1 heterocycles. The summed E-state index contributed by atoms with van der Waals surface area (Å²) < 4.78 is 18.6. The average molecular weight is 503 g/mol. The highest BCUT2D eigenvalue weighted by Crippen LogP contribution is 2.41. The van der Waals surface area contributed by atoms with E-state index >= 15 is 0 Å². The van der Waals surface area contributed by atoms with E-state index in [0.717, 1.165) is 16.7 Å². The topological polar surface area (TPSA) is 103 Å². The third kappa shape index (κ3) is 5.50. The number of H-pyrrole nitrogens is 1. The second-order valence-electron chi connectivity index (χ2n) is 8.69. The van der Waals surface area contributed by atoms with E-state index in [2.05, 4.69) is 4.98 Å². The Balaban J connectivity index is 1.77. The van der Waals surface area contributed by atoms with E-state index < -0.39 is 23.0 Å². The maximum Gasteiger partial charge on any atom is 0.328 e. The molecule has 0 saturated heterocycles. The van der Waals surface area contributed by atoms with Gasteiger partial charge in [0.2, 0.25) is 0 Å². The van der Waals surface area contributed by atoms with Crippen molar-refractivity contribution in [1.29, 1.82) is 0 Å². The highest BCUT2D eigenvalue weighted by Gasteiger charge is 2.38. The van der Waals surface area contributed by atoms with Crippen molar-refractivity contribution in [2.45, 2.75) is 25.2 Å². The van der Waals surface area contributed by atoms with Crippen LogP contribution in [-0.2, 0) is 16.9 Å². The first-order valence-corrected chi connectivity index (χ1v) is 11.8.